The highest BCUT2D eigenvalue weighted by molar-refractivity contribution is 6.59. The van der Waals surface area contributed by atoms with Crippen molar-refractivity contribution in [3.05, 3.63) is 137 Å². The lowest BCUT2D eigenvalue weighted by molar-refractivity contribution is 0.512. The van der Waals surface area contributed by atoms with Crippen molar-refractivity contribution < 1.29 is 4.80 Å². The molecule has 2 bridgehead atoms. The van der Waals surface area contributed by atoms with Crippen LogP contribution in [0.15, 0.2) is 133 Å². The summed E-state index contributed by atoms with van der Waals surface area (Å²) in [5.41, 5.74) is 5.36. The van der Waals surface area contributed by atoms with Crippen LogP contribution in [0.1, 0.15) is 33.4 Å². The third kappa shape index (κ3) is 3.41. The Morgan fingerprint density at radius 1 is 0.651 bits per heavy atom. The highest BCUT2D eigenvalue weighted by Crippen LogP contribution is 2.35. The molecule has 1 unspecified atom stereocenters. The van der Waals surface area contributed by atoms with Crippen molar-refractivity contribution in [3.63, 3.8) is 0 Å². The summed E-state index contributed by atoms with van der Waals surface area (Å²) >= 11 is 0. The molecule has 0 radical (unpaired) electrons. The van der Waals surface area contributed by atoms with Crippen LogP contribution in [-0.2, 0) is 0 Å². The molecule has 0 aliphatic carbocycles. The first kappa shape index (κ1) is 24.1. The predicted octanol–water partition coefficient (Wildman–Crippen LogP) is 4.40. The second-order valence-corrected chi connectivity index (χ2v) is 12.3. The van der Waals surface area contributed by atoms with Gasteiger partial charge >= 0.3 is 9.36 Å². The fourth-order valence-corrected chi connectivity index (χ4v) is 7.97. The SMILES string of the molecule is CN=C1N=C(N=C2c3ccccc3C3=NC4=NC(=Nc5c6ccccc6cn5[SiH](O)N23)c2ccccc24)c2ccccc21. The monoisotopic (exact) mass is 574 g/mol. The van der Waals surface area contributed by atoms with Gasteiger partial charge in [-0.25, -0.2) is 25.0 Å². The van der Waals surface area contributed by atoms with E-state index in [1.165, 1.54) is 0 Å². The number of fused-ring (bicyclic) bond motifs is 11. The molecule has 4 aromatic carbocycles. The summed E-state index contributed by atoms with van der Waals surface area (Å²) in [4.78, 5) is 42.0. The second kappa shape index (κ2) is 8.96. The number of aliphatic imine (C=N–C) groups is 6. The van der Waals surface area contributed by atoms with Crippen molar-refractivity contribution >= 4 is 61.0 Å². The molecule has 4 aliphatic rings. The lowest BCUT2D eigenvalue weighted by Gasteiger charge is -2.26. The summed E-state index contributed by atoms with van der Waals surface area (Å²) in [6.07, 6.45) is 1.97. The van der Waals surface area contributed by atoms with Gasteiger partial charge in [0.05, 0.1) is 0 Å². The normalized spacial score (nSPS) is 19.8. The van der Waals surface area contributed by atoms with Crippen molar-refractivity contribution in [2.24, 2.45) is 30.0 Å². The van der Waals surface area contributed by atoms with Crippen LogP contribution in [0, 0.1) is 0 Å². The molecule has 1 aromatic heterocycles. The van der Waals surface area contributed by atoms with Gasteiger partial charge in [0.2, 0.25) is 0 Å². The van der Waals surface area contributed by atoms with Gasteiger partial charge in [-0.3, -0.25) is 9.56 Å². The highest BCUT2D eigenvalue weighted by atomic mass is 28.3. The molecular formula is C33H22N8OSi. The number of nitrogens with zero attached hydrogens (tertiary/aromatic N) is 8. The van der Waals surface area contributed by atoms with Crippen LogP contribution in [0.3, 0.4) is 0 Å². The lowest BCUT2D eigenvalue weighted by Crippen LogP contribution is -2.49. The van der Waals surface area contributed by atoms with Gasteiger partial charge in [-0.05, 0) is 0 Å². The van der Waals surface area contributed by atoms with Gasteiger partial charge in [0.1, 0.15) is 17.5 Å². The number of benzene rings is 4. The van der Waals surface area contributed by atoms with Gasteiger partial charge in [0.15, 0.2) is 23.3 Å². The Hall–Kier alpha value is -5.58. The van der Waals surface area contributed by atoms with Crippen LogP contribution >= 0.6 is 0 Å². The molecule has 4 aliphatic heterocycles. The van der Waals surface area contributed by atoms with E-state index in [9.17, 15) is 4.80 Å². The van der Waals surface area contributed by atoms with E-state index in [1.54, 1.807) is 7.05 Å². The summed E-state index contributed by atoms with van der Waals surface area (Å²) in [6, 6.07) is 32.0. The van der Waals surface area contributed by atoms with Crippen molar-refractivity contribution in [1.29, 1.82) is 0 Å². The lowest BCUT2D eigenvalue weighted by atomic mass is 10.1. The largest absolute Gasteiger partial charge is 0.412 e. The van der Waals surface area contributed by atoms with E-state index in [2.05, 4.69) is 4.99 Å². The van der Waals surface area contributed by atoms with Crippen LogP contribution in [0.4, 0.5) is 5.82 Å². The van der Waals surface area contributed by atoms with Gasteiger partial charge in [0, 0.05) is 57.4 Å². The van der Waals surface area contributed by atoms with Gasteiger partial charge in [-0.15, -0.1) is 0 Å². The molecule has 0 fully saturated rings. The molecular weight excluding hydrogens is 553 g/mol. The number of hydrogen-bond donors (Lipinski definition) is 1. The molecule has 204 valence electrons. The van der Waals surface area contributed by atoms with E-state index in [4.69, 9.17) is 25.0 Å². The van der Waals surface area contributed by atoms with Crippen LogP contribution in [0.25, 0.3) is 10.8 Å². The number of amidine groups is 6. The van der Waals surface area contributed by atoms with E-state index in [0.29, 0.717) is 40.8 Å². The smallest absolute Gasteiger partial charge is 0.401 e. The Labute approximate surface area is 247 Å². The third-order valence-electron chi connectivity index (χ3n) is 8.16. The standard InChI is InChI=1S/C33H22N8OSi/c1-34-27-21-12-4-5-13-22(21)28(35-27)38-32-25-16-8-9-17-26(25)33-39-30-24-15-7-6-14-23(24)29(36-30)37-31-20-11-3-2-10-19(20)18-40(31)43(42)41(32)33/h2-18,42-43H,1H3. The maximum atomic E-state index is 12.5. The van der Waals surface area contributed by atoms with E-state index < -0.39 is 9.36 Å². The number of aromatic nitrogens is 1. The quantitative estimate of drug-likeness (QED) is 0.277. The summed E-state index contributed by atoms with van der Waals surface area (Å²) in [5.74, 6) is 4.15. The first-order valence-electron chi connectivity index (χ1n) is 14.0. The average molecular weight is 575 g/mol. The van der Waals surface area contributed by atoms with Crippen molar-refractivity contribution in [3.8, 4) is 0 Å². The average Bonchev–Trinajstić information content (AvgIpc) is 3.78. The van der Waals surface area contributed by atoms with E-state index in [1.807, 2.05) is 112 Å². The topological polar surface area (TPSA) is 103 Å². The Bertz CT molecular complexity index is 2240. The summed E-state index contributed by atoms with van der Waals surface area (Å²) < 4.78 is 3.79. The molecule has 43 heavy (non-hydrogen) atoms. The number of rotatable bonds is 0. The minimum Gasteiger partial charge on any atom is -0.401 e. The summed E-state index contributed by atoms with van der Waals surface area (Å²) in [5, 5.41) is 1.92. The third-order valence-corrected chi connectivity index (χ3v) is 10.0. The summed E-state index contributed by atoms with van der Waals surface area (Å²) in [6.45, 7) is 0. The van der Waals surface area contributed by atoms with Gasteiger partial charge in [-0.1, -0.05) is 97.1 Å². The van der Waals surface area contributed by atoms with Crippen LogP contribution in [-0.4, -0.2) is 65.0 Å². The zero-order chi connectivity index (χ0) is 28.7. The highest BCUT2D eigenvalue weighted by Gasteiger charge is 2.41. The first-order chi connectivity index (χ1) is 21.2. The minimum absolute atomic E-state index is 0.544. The van der Waals surface area contributed by atoms with Gasteiger partial charge in [-0.2, -0.15) is 0 Å². The Morgan fingerprint density at radius 3 is 2.05 bits per heavy atom. The molecule has 9 rings (SSSR count). The maximum Gasteiger partial charge on any atom is 0.412 e. The minimum atomic E-state index is -3.10. The van der Waals surface area contributed by atoms with Crippen molar-refractivity contribution in [2.45, 2.75) is 0 Å². The molecule has 1 N–H and O–H groups in total. The molecule has 0 amide bonds. The fraction of sp³-hybridized carbons (Fsp3) is 0.0303. The molecule has 9 nitrogen and oxygen atoms in total. The molecule has 0 spiro atoms. The van der Waals surface area contributed by atoms with Crippen LogP contribution in [0.2, 0.25) is 0 Å². The molecule has 1 atom stereocenters. The van der Waals surface area contributed by atoms with Gasteiger partial charge in [0.25, 0.3) is 0 Å². The number of hydrogen-bond acceptors (Lipinski definition) is 6. The maximum absolute atomic E-state index is 12.5. The predicted molar refractivity (Wildman–Crippen MR) is 173 cm³/mol. The molecule has 5 aromatic rings. The van der Waals surface area contributed by atoms with Crippen molar-refractivity contribution in [2.75, 3.05) is 7.05 Å². The van der Waals surface area contributed by atoms with Crippen molar-refractivity contribution in [1.82, 2.24) is 8.80 Å². The second-order valence-electron chi connectivity index (χ2n) is 10.5. The van der Waals surface area contributed by atoms with Gasteiger partial charge < -0.3 is 9.03 Å². The first-order valence-corrected chi connectivity index (χ1v) is 15.5. The molecule has 10 heteroatoms. The fourth-order valence-electron chi connectivity index (χ4n) is 6.18. The van der Waals surface area contributed by atoms with E-state index in [0.717, 1.165) is 44.2 Å². The Kier molecular flexibility index (Phi) is 5.01. The molecule has 0 saturated heterocycles. The Morgan fingerprint density at radius 2 is 1.28 bits per heavy atom. The molecule has 0 saturated carbocycles. The van der Waals surface area contributed by atoms with E-state index >= 15 is 0 Å². The Balaban J connectivity index is 1.35. The zero-order valence-corrected chi connectivity index (χ0v) is 24.1. The van der Waals surface area contributed by atoms with E-state index in [-0.39, 0.29) is 0 Å². The van der Waals surface area contributed by atoms with Crippen LogP contribution < -0.4 is 0 Å². The van der Waals surface area contributed by atoms with Crippen LogP contribution in [0.5, 0.6) is 0 Å². The zero-order valence-electron chi connectivity index (χ0n) is 22.9. The molecule has 5 heterocycles. The summed E-state index contributed by atoms with van der Waals surface area (Å²) in [7, 11) is -1.37.